The van der Waals surface area contributed by atoms with Gasteiger partial charge in [0, 0.05) is 30.9 Å². The quantitative estimate of drug-likeness (QED) is 0.853. The number of fused-ring (bicyclic) bond motifs is 1. The number of aliphatic hydroxyl groups excluding tert-OH is 1. The fraction of sp³-hybridized carbons (Fsp3) is 0.520. The number of rotatable bonds is 3. The summed E-state index contributed by atoms with van der Waals surface area (Å²) in [6, 6.07) is 11.5. The van der Waals surface area contributed by atoms with E-state index in [1.165, 1.54) is 39.1 Å². The van der Waals surface area contributed by atoms with E-state index >= 15 is 0 Å². The maximum atomic E-state index is 11.2. The van der Waals surface area contributed by atoms with Crippen LogP contribution in [0.15, 0.2) is 30.3 Å². The Balaban J connectivity index is 1.48. The Bertz CT molecular complexity index is 853. The average Bonchev–Trinajstić information content (AvgIpc) is 3.08. The number of aliphatic hydroxyl groups is 1. The molecule has 2 aliphatic rings. The highest BCUT2D eigenvalue weighted by Crippen LogP contribution is 2.41. The molecule has 1 fully saturated rings. The van der Waals surface area contributed by atoms with Gasteiger partial charge in [-0.1, -0.05) is 18.2 Å². The first kappa shape index (κ1) is 19.5. The monoisotopic (exact) mass is 378 g/mol. The number of para-hydroxylation sites is 1. The van der Waals surface area contributed by atoms with Gasteiger partial charge in [0.25, 0.3) is 0 Å². The number of likely N-dealkylation sites (N-methyl/N-ethyl adjacent to an activating group) is 1. The minimum absolute atomic E-state index is 0.196. The smallest absolute Gasteiger partial charge is 0.0953 e. The van der Waals surface area contributed by atoms with Crippen LogP contribution in [0.5, 0.6) is 0 Å². The zero-order valence-corrected chi connectivity index (χ0v) is 18.0. The summed E-state index contributed by atoms with van der Waals surface area (Å²) in [6.07, 6.45) is 2.91. The molecule has 3 heteroatoms. The third-order valence-electron chi connectivity index (χ3n) is 7.63. The molecular weight excluding hydrogens is 344 g/mol. The normalized spacial score (nSPS) is 22.8. The molecule has 0 bridgehead atoms. The molecule has 2 atom stereocenters. The molecule has 1 saturated heterocycles. The lowest BCUT2D eigenvalue weighted by molar-refractivity contribution is 0.0443. The number of hydrogen-bond acceptors (Lipinski definition) is 3. The molecule has 1 aliphatic heterocycles. The molecule has 4 rings (SSSR count). The van der Waals surface area contributed by atoms with Crippen molar-refractivity contribution in [3.63, 3.8) is 0 Å². The van der Waals surface area contributed by atoms with Crippen LogP contribution in [0.1, 0.15) is 52.3 Å². The second-order valence-corrected chi connectivity index (χ2v) is 8.83. The van der Waals surface area contributed by atoms with Crippen molar-refractivity contribution in [1.29, 1.82) is 0 Å². The standard InChI is InChI=1S/C25H34N2O/c1-16-17(2)19(4)24-22(18(16)3)15-23(25(24)28)26(5)20-11-13-27(14-12-20)21-9-7-6-8-10-21/h6-10,20,23,25,28H,11-15H2,1-5H3. The molecule has 2 aromatic rings. The van der Waals surface area contributed by atoms with Crippen LogP contribution in [-0.4, -0.2) is 42.2 Å². The predicted octanol–water partition coefficient (Wildman–Crippen LogP) is 4.48. The lowest BCUT2D eigenvalue weighted by Crippen LogP contribution is -2.48. The van der Waals surface area contributed by atoms with Crippen molar-refractivity contribution >= 4 is 5.69 Å². The molecule has 0 aromatic heterocycles. The summed E-state index contributed by atoms with van der Waals surface area (Å²) < 4.78 is 0. The maximum Gasteiger partial charge on any atom is 0.0953 e. The van der Waals surface area contributed by atoms with Crippen molar-refractivity contribution in [1.82, 2.24) is 4.90 Å². The van der Waals surface area contributed by atoms with Crippen LogP contribution in [0.3, 0.4) is 0 Å². The van der Waals surface area contributed by atoms with Gasteiger partial charge in [-0.05, 0) is 99.5 Å². The number of anilines is 1. The van der Waals surface area contributed by atoms with Gasteiger partial charge < -0.3 is 10.0 Å². The highest BCUT2D eigenvalue weighted by Gasteiger charge is 2.39. The molecule has 1 heterocycles. The van der Waals surface area contributed by atoms with Gasteiger partial charge in [-0.15, -0.1) is 0 Å². The molecule has 1 N–H and O–H groups in total. The zero-order chi connectivity index (χ0) is 20.0. The average molecular weight is 379 g/mol. The van der Waals surface area contributed by atoms with Gasteiger partial charge in [0.2, 0.25) is 0 Å². The van der Waals surface area contributed by atoms with E-state index in [9.17, 15) is 5.11 Å². The molecule has 0 amide bonds. The third-order valence-corrected chi connectivity index (χ3v) is 7.63. The Kier molecular flexibility index (Phi) is 5.24. The van der Waals surface area contributed by atoms with E-state index in [0.29, 0.717) is 6.04 Å². The molecule has 150 valence electrons. The fourth-order valence-corrected chi connectivity index (χ4v) is 5.40. The fourth-order valence-electron chi connectivity index (χ4n) is 5.40. The highest BCUT2D eigenvalue weighted by molar-refractivity contribution is 5.54. The Labute approximate surface area is 170 Å². The topological polar surface area (TPSA) is 26.7 Å². The van der Waals surface area contributed by atoms with Gasteiger partial charge in [0.05, 0.1) is 6.10 Å². The van der Waals surface area contributed by atoms with Gasteiger partial charge in [0.15, 0.2) is 0 Å². The first-order valence-electron chi connectivity index (χ1n) is 10.7. The Hall–Kier alpha value is -1.84. The molecule has 2 aromatic carbocycles. The van der Waals surface area contributed by atoms with Crippen LogP contribution in [-0.2, 0) is 6.42 Å². The Morgan fingerprint density at radius 2 is 1.50 bits per heavy atom. The second kappa shape index (κ2) is 7.53. The van der Waals surface area contributed by atoms with E-state index in [1.54, 1.807) is 0 Å². The van der Waals surface area contributed by atoms with Crippen molar-refractivity contribution in [2.45, 2.75) is 65.1 Å². The van der Waals surface area contributed by atoms with Crippen molar-refractivity contribution in [2.24, 2.45) is 0 Å². The van der Waals surface area contributed by atoms with E-state index in [2.05, 4.69) is 74.9 Å². The zero-order valence-electron chi connectivity index (χ0n) is 18.0. The summed E-state index contributed by atoms with van der Waals surface area (Å²) in [5.74, 6) is 0. The van der Waals surface area contributed by atoms with Crippen LogP contribution < -0.4 is 4.90 Å². The Morgan fingerprint density at radius 1 is 0.893 bits per heavy atom. The molecule has 0 saturated carbocycles. The third kappa shape index (κ3) is 3.15. The summed E-state index contributed by atoms with van der Waals surface area (Å²) in [4.78, 5) is 4.97. The van der Waals surface area contributed by atoms with Crippen molar-refractivity contribution in [3.8, 4) is 0 Å². The molecular formula is C25H34N2O. The lowest BCUT2D eigenvalue weighted by Gasteiger charge is -2.41. The van der Waals surface area contributed by atoms with Crippen molar-refractivity contribution in [2.75, 3.05) is 25.0 Å². The van der Waals surface area contributed by atoms with Gasteiger partial charge in [0.1, 0.15) is 0 Å². The minimum atomic E-state index is -0.370. The molecule has 1 aliphatic carbocycles. The van der Waals surface area contributed by atoms with E-state index in [0.717, 1.165) is 32.4 Å². The number of benzene rings is 2. The second-order valence-electron chi connectivity index (χ2n) is 8.83. The lowest BCUT2D eigenvalue weighted by atomic mass is 9.90. The molecule has 0 radical (unpaired) electrons. The maximum absolute atomic E-state index is 11.2. The van der Waals surface area contributed by atoms with Crippen LogP contribution >= 0.6 is 0 Å². The van der Waals surface area contributed by atoms with E-state index in [-0.39, 0.29) is 12.1 Å². The largest absolute Gasteiger partial charge is 0.387 e. The SMILES string of the molecule is Cc1c(C)c(C)c2c(c1C)CC(N(C)C1CCN(c3ccccc3)CC1)C2O. The van der Waals surface area contributed by atoms with Crippen LogP contribution in [0, 0.1) is 27.7 Å². The molecule has 0 spiro atoms. The summed E-state index contributed by atoms with van der Waals surface area (Å²) in [6.45, 7) is 11.0. The first-order chi connectivity index (χ1) is 13.4. The summed E-state index contributed by atoms with van der Waals surface area (Å²) in [7, 11) is 2.23. The van der Waals surface area contributed by atoms with Crippen molar-refractivity contribution < 1.29 is 5.11 Å². The van der Waals surface area contributed by atoms with Gasteiger partial charge in [-0.3, -0.25) is 4.90 Å². The van der Waals surface area contributed by atoms with Crippen LogP contribution in [0.2, 0.25) is 0 Å². The van der Waals surface area contributed by atoms with Gasteiger partial charge >= 0.3 is 0 Å². The summed E-state index contributed by atoms with van der Waals surface area (Å²) in [5.41, 5.74) is 9.34. The predicted molar refractivity (Wildman–Crippen MR) is 117 cm³/mol. The first-order valence-corrected chi connectivity index (χ1v) is 10.7. The molecule has 28 heavy (non-hydrogen) atoms. The minimum Gasteiger partial charge on any atom is -0.387 e. The molecule has 2 unspecified atom stereocenters. The van der Waals surface area contributed by atoms with E-state index < -0.39 is 0 Å². The number of piperidine rings is 1. The van der Waals surface area contributed by atoms with Crippen molar-refractivity contribution in [3.05, 3.63) is 63.7 Å². The van der Waals surface area contributed by atoms with Gasteiger partial charge in [-0.2, -0.15) is 0 Å². The van der Waals surface area contributed by atoms with Gasteiger partial charge in [-0.25, -0.2) is 0 Å². The van der Waals surface area contributed by atoms with E-state index in [4.69, 9.17) is 0 Å². The summed E-state index contributed by atoms with van der Waals surface area (Å²) in [5, 5.41) is 11.2. The van der Waals surface area contributed by atoms with Crippen LogP contribution in [0.25, 0.3) is 0 Å². The Morgan fingerprint density at radius 3 is 2.14 bits per heavy atom. The van der Waals surface area contributed by atoms with Crippen LogP contribution in [0.4, 0.5) is 5.69 Å². The number of hydrogen-bond donors (Lipinski definition) is 1. The number of nitrogens with zero attached hydrogens (tertiary/aromatic N) is 2. The highest BCUT2D eigenvalue weighted by atomic mass is 16.3. The molecule has 3 nitrogen and oxygen atoms in total. The van der Waals surface area contributed by atoms with E-state index in [1.807, 2.05) is 0 Å². The summed E-state index contributed by atoms with van der Waals surface area (Å²) >= 11 is 0.